The van der Waals surface area contributed by atoms with Crippen LogP contribution in [-0.4, -0.2) is 42.8 Å². The van der Waals surface area contributed by atoms with Crippen LogP contribution in [0.5, 0.6) is 0 Å². The van der Waals surface area contributed by atoms with Crippen LogP contribution in [0.2, 0.25) is 0 Å². The van der Waals surface area contributed by atoms with Crippen molar-refractivity contribution in [3.63, 3.8) is 0 Å². The van der Waals surface area contributed by atoms with Gasteiger partial charge in [0.1, 0.15) is 6.04 Å². The molecule has 0 bridgehead atoms. The summed E-state index contributed by atoms with van der Waals surface area (Å²) in [5.41, 5.74) is 0. The van der Waals surface area contributed by atoms with Crippen LogP contribution in [0, 0.1) is 0 Å². The van der Waals surface area contributed by atoms with E-state index in [4.69, 9.17) is 9.47 Å². The topological polar surface area (TPSA) is 55.8 Å². The molecule has 0 aromatic rings. The lowest BCUT2D eigenvalue weighted by Crippen LogP contribution is -2.49. The first kappa shape index (κ1) is 24.8. The normalized spacial score (nSPS) is 16.8. The summed E-state index contributed by atoms with van der Waals surface area (Å²) < 4.78 is 10.9. The number of unbranched alkanes of at least 4 members (excludes halogenated alkanes) is 10. The quantitative estimate of drug-likeness (QED) is 0.242. The Morgan fingerprint density at radius 1 is 0.750 bits per heavy atom. The van der Waals surface area contributed by atoms with E-state index in [2.05, 4.69) is 13.8 Å². The minimum Gasteiger partial charge on any atom is -0.464 e. The van der Waals surface area contributed by atoms with E-state index >= 15 is 0 Å². The summed E-state index contributed by atoms with van der Waals surface area (Å²) in [5, 5.41) is 0. The number of hydrogen-bond donors (Lipinski definition) is 0. The van der Waals surface area contributed by atoms with Crippen molar-refractivity contribution >= 4 is 12.1 Å². The summed E-state index contributed by atoms with van der Waals surface area (Å²) in [6.45, 7) is 5.90. The van der Waals surface area contributed by atoms with Crippen LogP contribution in [0.1, 0.15) is 110 Å². The van der Waals surface area contributed by atoms with Crippen molar-refractivity contribution in [3.05, 3.63) is 0 Å². The molecule has 0 spiro atoms. The molecule has 1 unspecified atom stereocenters. The molecule has 1 aliphatic rings. The second kappa shape index (κ2) is 16.7. The average Bonchev–Trinajstić information content (AvgIpc) is 2.72. The molecular weight excluding hydrogens is 354 g/mol. The number of piperidine rings is 1. The zero-order valence-corrected chi connectivity index (χ0v) is 18.4. The van der Waals surface area contributed by atoms with E-state index in [1.165, 1.54) is 51.4 Å². The Bertz CT molecular complexity index is 375. The fraction of sp³-hybridized carbons (Fsp3) is 0.913. The zero-order valence-electron chi connectivity index (χ0n) is 18.4. The van der Waals surface area contributed by atoms with Crippen LogP contribution in [0.3, 0.4) is 0 Å². The van der Waals surface area contributed by atoms with Gasteiger partial charge in [0, 0.05) is 6.54 Å². The molecule has 28 heavy (non-hydrogen) atoms. The maximum atomic E-state index is 12.5. The van der Waals surface area contributed by atoms with Crippen molar-refractivity contribution < 1.29 is 19.1 Å². The van der Waals surface area contributed by atoms with E-state index in [1.54, 1.807) is 4.90 Å². The molecule has 1 amide bonds. The van der Waals surface area contributed by atoms with Crippen molar-refractivity contribution in [1.29, 1.82) is 0 Å². The van der Waals surface area contributed by atoms with E-state index < -0.39 is 6.04 Å². The Kier molecular flexibility index (Phi) is 14.8. The molecule has 5 nitrogen and oxygen atoms in total. The van der Waals surface area contributed by atoms with Crippen LogP contribution in [-0.2, 0) is 14.3 Å². The molecule has 1 fully saturated rings. The fourth-order valence-corrected chi connectivity index (χ4v) is 3.67. The van der Waals surface area contributed by atoms with Crippen molar-refractivity contribution in [2.75, 3.05) is 19.8 Å². The number of amides is 1. The Morgan fingerprint density at radius 3 is 1.89 bits per heavy atom. The van der Waals surface area contributed by atoms with Crippen LogP contribution in [0.4, 0.5) is 4.79 Å². The standard InChI is InChI=1S/C23H43NO4/c1-3-5-7-9-11-15-19-27-22(25)21-17-13-14-18-24(21)23(26)28-20-16-12-10-8-6-4-2/h21H,3-20H2,1-2H3. The van der Waals surface area contributed by atoms with Gasteiger partial charge in [-0.1, -0.05) is 78.1 Å². The second-order valence-corrected chi connectivity index (χ2v) is 8.02. The first-order valence-corrected chi connectivity index (χ1v) is 11.8. The molecule has 0 saturated carbocycles. The van der Waals surface area contributed by atoms with E-state index in [0.29, 0.717) is 26.2 Å². The highest BCUT2D eigenvalue weighted by Crippen LogP contribution is 2.20. The third-order valence-electron chi connectivity index (χ3n) is 5.48. The summed E-state index contributed by atoms with van der Waals surface area (Å²) in [7, 11) is 0. The van der Waals surface area contributed by atoms with Crippen molar-refractivity contribution in [3.8, 4) is 0 Å². The van der Waals surface area contributed by atoms with Crippen LogP contribution in [0.15, 0.2) is 0 Å². The molecule has 0 N–H and O–H groups in total. The van der Waals surface area contributed by atoms with E-state index in [9.17, 15) is 9.59 Å². The van der Waals surface area contributed by atoms with Crippen LogP contribution in [0.25, 0.3) is 0 Å². The predicted octanol–water partition coefficient (Wildman–Crippen LogP) is 6.24. The maximum absolute atomic E-state index is 12.5. The highest BCUT2D eigenvalue weighted by atomic mass is 16.6. The Hall–Kier alpha value is -1.26. The summed E-state index contributed by atoms with van der Waals surface area (Å²) >= 11 is 0. The average molecular weight is 398 g/mol. The minimum absolute atomic E-state index is 0.259. The monoisotopic (exact) mass is 397 g/mol. The zero-order chi connectivity index (χ0) is 20.5. The molecule has 0 radical (unpaired) electrons. The molecule has 0 aliphatic carbocycles. The molecular formula is C23H43NO4. The van der Waals surface area contributed by atoms with Gasteiger partial charge in [0.15, 0.2) is 0 Å². The molecule has 1 heterocycles. The molecule has 164 valence electrons. The molecule has 1 aliphatic heterocycles. The third-order valence-corrected chi connectivity index (χ3v) is 5.48. The van der Waals surface area contributed by atoms with Gasteiger partial charge in [-0.2, -0.15) is 0 Å². The number of hydrogen-bond acceptors (Lipinski definition) is 4. The Morgan fingerprint density at radius 2 is 1.29 bits per heavy atom. The summed E-state index contributed by atoms with van der Waals surface area (Å²) in [5.74, 6) is -0.259. The van der Waals surface area contributed by atoms with Crippen LogP contribution < -0.4 is 0 Å². The number of carbonyl (C=O) groups is 2. The van der Waals surface area contributed by atoms with Gasteiger partial charge in [-0.3, -0.25) is 4.90 Å². The van der Waals surface area contributed by atoms with Crippen molar-refractivity contribution in [1.82, 2.24) is 4.90 Å². The lowest BCUT2D eigenvalue weighted by atomic mass is 10.0. The van der Waals surface area contributed by atoms with E-state index in [1.807, 2.05) is 0 Å². The maximum Gasteiger partial charge on any atom is 0.410 e. The largest absolute Gasteiger partial charge is 0.464 e. The van der Waals surface area contributed by atoms with Crippen molar-refractivity contribution in [2.45, 2.75) is 116 Å². The third kappa shape index (κ3) is 10.9. The lowest BCUT2D eigenvalue weighted by molar-refractivity contribution is -0.150. The molecule has 1 atom stereocenters. The lowest BCUT2D eigenvalue weighted by Gasteiger charge is -2.33. The molecule has 1 rings (SSSR count). The molecule has 1 saturated heterocycles. The van der Waals surface area contributed by atoms with Gasteiger partial charge < -0.3 is 9.47 Å². The molecule has 0 aromatic carbocycles. The highest BCUT2D eigenvalue weighted by molar-refractivity contribution is 5.81. The number of carbonyl (C=O) groups excluding carboxylic acids is 2. The van der Waals surface area contributed by atoms with Gasteiger partial charge in [-0.05, 0) is 32.1 Å². The Labute approximate surface area is 172 Å². The first-order chi connectivity index (χ1) is 13.7. The Balaban J connectivity index is 2.23. The summed E-state index contributed by atoms with van der Waals surface area (Å²) in [4.78, 5) is 26.5. The first-order valence-electron chi connectivity index (χ1n) is 11.8. The van der Waals surface area contributed by atoms with Gasteiger partial charge >= 0.3 is 12.1 Å². The van der Waals surface area contributed by atoms with Gasteiger partial charge in [0.2, 0.25) is 0 Å². The van der Waals surface area contributed by atoms with Gasteiger partial charge in [0.25, 0.3) is 0 Å². The van der Waals surface area contributed by atoms with Gasteiger partial charge in [-0.15, -0.1) is 0 Å². The van der Waals surface area contributed by atoms with E-state index in [0.717, 1.165) is 38.5 Å². The number of ether oxygens (including phenoxy) is 2. The van der Waals surface area contributed by atoms with E-state index in [-0.39, 0.29) is 12.1 Å². The number of likely N-dealkylation sites (tertiary alicyclic amines) is 1. The van der Waals surface area contributed by atoms with Crippen LogP contribution >= 0.6 is 0 Å². The van der Waals surface area contributed by atoms with Crippen molar-refractivity contribution in [2.24, 2.45) is 0 Å². The number of nitrogens with zero attached hydrogens (tertiary/aromatic N) is 1. The van der Waals surface area contributed by atoms with Gasteiger partial charge in [0.05, 0.1) is 13.2 Å². The molecule has 5 heteroatoms. The smallest absolute Gasteiger partial charge is 0.410 e. The number of rotatable bonds is 15. The predicted molar refractivity (Wildman–Crippen MR) is 113 cm³/mol. The fourth-order valence-electron chi connectivity index (χ4n) is 3.67. The SMILES string of the molecule is CCCCCCCCOC(=O)C1CCCCN1C(=O)OCCCCCCCC. The summed E-state index contributed by atoms with van der Waals surface area (Å²) in [6.07, 6.45) is 16.1. The van der Waals surface area contributed by atoms with Gasteiger partial charge in [-0.25, -0.2) is 9.59 Å². The number of esters is 1. The minimum atomic E-state index is -0.467. The second-order valence-electron chi connectivity index (χ2n) is 8.02. The molecule has 0 aromatic heterocycles. The highest BCUT2D eigenvalue weighted by Gasteiger charge is 2.34. The summed E-state index contributed by atoms with van der Waals surface area (Å²) in [6, 6.07) is -0.467.